The summed E-state index contributed by atoms with van der Waals surface area (Å²) in [6, 6.07) is 8.39. The van der Waals surface area contributed by atoms with Crippen LogP contribution < -0.4 is 0 Å². The molecular weight excluding hydrogens is 290 g/mol. The van der Waals surface area contributed by atoms with Crippen LogP contribution in [0.5, 0.6) is 0 Å². The molecule has 0 amide bonds. The van der Waals surface area contributed by atoms with Crippen molar-refractivity contribution in [3.63, 3.8) is 0 Å². The Labute approximate surface area is 117 Å². The maximum absolute atomic E-state index is 4.64. The summed E-state index contributed by atoms with van der Waals surface area (Å²) in [5.41, 5.74) is 2.46. The first-order chi connectivity index (χ1) is 8.45. The molecule has 0 aliphatic heterocycles. The number of aromatic nitrogens is 2. The van der Waals surface area contributed by atoms with E-state index in [-0.39, 0.29) is 5.54 Å². The lowest BCUT2D eigenvalue weighted by molar-refractivity contribution is 0.171. The Morgan fingerprint density at radius 2 is 2.00 bits per heavy atom. The quantitative estimate of drug-likeness (QED) is 0.809. The van der Waals surface area contributed by atoms with Gasteiger partial charge in [0, 0.05) is 29.8 Å². The van der Waals surface area contributed by atoms with Gasteiger partial charge in [0.1, 0.15) is 0 Å². The van der Waals surface area contributed by atoms with E-state index in [9.17, 15) is 0 Å². The van der Waals surface area contributed by atoms with Gasteiger partial charge in [0.2, 0.25) is 0 Å². The van der Waals surface area contributed by atoms with Crippen molar-refractivity contribution in [2.75, 3.05) is 12.4 Å². The maximum Gasteiger partial charge on any atom is 0.0843 e. The van der Waals surface area contributed by atoms with Crippen molar-refractivity contribution in [3.05, 3.63) is 30.0 Å². The lowest BCUT2D eigenvalue weighted by Crippen LogP contribution is -2.42. The number of alkyl halides is 1. The molecule has 3 nitrogen and oxygen atoms in total. The highest BCUT2D eigenvalue weighted by molar-refractivity contribution is 9.09. The van der Waals surface area contributed by atoms with Gasteiger partial charge >= 0.3 is 0 Å². The van der Waals surface area contributed by atoms with Gasteiger partial charge in [-0.05, 0) is 27.0 Å². The highest BCUT2D eigenvalue weighted by Gasteiger charge is 2.23. The van der Waals surface area contributed by atoms with Crippen molar-refractivity contribution in [2.45, 2.75) is 25.9 Å². The number of rotatable bonds is 4. The van der Waals surface area contributed by atoms with Crippen LogP contribution in [0.15, 0.2) is 24.3 Å². The molecule has 0 aliphatic rings. The summed E-state index contributed by atoms with van der Waals surface area (Å²) in [6.45, 7) is 5.32. The van der Waals surface area contributed by atoms with E-state index in [4.69, 9.17) is 0 Å². The molecule has 0 unspecified atom stereocenters. The van der Waals surface area contributed by atoms with E-state index in [1.807, 2.05) is 11.7 Å². The van der Waals surface area contributed by atoms with Crippen molar-refractivity contribution in [1.82, 2.24) is 14.7 Å². The van der Waals surface area contributed by atoms with E-state index in [2.05, 4.69) is 71.1 Å². The van der Waals surface area contributed by atoms with Crippen molar-refractivity contribution in [2.24, 2.45) is 7.05 Å². The number of halogens is 1. The van der Waals surface area contributed by atoms with Gasteiger partial charge in [-0.2, -0.15) is 5.10 Å². The van der Waals surface area contributed by atoms with E-state index >= 15 is 0 Å². The van der Waals surface area contributed by atoms with Gasteiger partial charge in [-0.1, -0.05) is 34.1 Å². The normalized spacial score (nSPS) is 12.6. The molecule has 4 heteroatoms. The second-order valence-electron chi connectivity index (χ2n) is 5.39. The molecule has 1 aromatic carbocycles. The van der Waals surface area contributed by atoms with E-state index in [1.54, 1.807) is 0 Å². The van der Waals surface area contributed by atoms with Gasteiger partial charge in [0.25, 0.3) is 0 Å². The van der Waals surface area contributed by atoms with Crippen molar-refractivity contribution in [1.29, 1.82) is 0 Å². The number of para-hydroxylation sites is 1. The Bertz CT molecular complexity index is 545. The largest absolute Gasteiger partial charge is 0.294 e. The molecule has 0 saturated heterocycles. The van der Waals surface area contributed by atoms with Crippen LogP contribution in [0.1, 0.15) is 19.5 Å². The highest BCUT2D eigenvalue weighted by Crippen LogP contribution is 2.22. The van der Waals surface area contributed by atoms with Crippen molar-refractivity contribution in [3.8, 4) is 0 Å². The number of fused-ring (bicyclic) bond motifs is 1. The third-order valence-electron chi connectivity index (χ3n) is 3.58. The second-order valence-corrected chi connectivity index (χ2v) is 5.95. The molecule has 0 aliphatic carbocycles. The third-order valence-corrected chi connectivity index (χ3v) is 4.95. The van der Waals surface area contributed by atoms with Gasteiger partial charge in [0.15, 0.2) is 0 Å². The molecule has 1 aromatic heterocycles. The molecule has 0 fully saturated rings. The maximum atomic E-state index is 4.64. The molecule has 0 saturated carbocycles. The van der Waals surface area contributed by atoms with Crippen LogP contribution in [-0.4, -0.2) is 32.6 Å². The average molecular weight is 310 g/mol. The summed E-state index contributed by atoms with van der Waals surface area (Å²) in [5.74, 6) is 0. The Morgan fingerprint density at radius 1 is 1.33 bits per heavy atom. The fraction of sp³-hybridized carbons (Fsp3) is 0.500. The lowest BCUT2D eigenvalue weighted by Gasteiger charge is -2.33. The van der Waals surface area contributed by atoms with Crippen LogP contribution in [0.2, 0.25) is 0 Å². The number of hydrogen-bond donors (Lipinski definition) is 0. The fourth-order valence-electron chi connectivity index (χ4n) is 1.95. The molecular formula is C14H20BrN3. The average Bonchev–Trinajstić information content (AvgIpc) is 2.67. The number of aryl methyl sites for hydroxylation is 1. The standard InChI is InChI=1S/C14H20BrN3/c1-14(2,10-15)17(3)9-12-11-7-5-6-8-13(11)18(4)16-12/h5-8H,9-10H2,1-4H3. The zero-order valence-corrected chi connectivity index (χ0v) is 13.0. The molecule has 18 heavy (non-hydrogen) atoms. The Hall–Kier alpha value is -0.870. The lowest BCUT2D eigenvalue weighted by atomic mass is 10.1. The fourth-order valence-corrected chi connectivity index (χ4v) is 2.37. The molecule has 0 bridgehead atoms. The van der Waals surface area contributed by atoms with Crippen LogP contribution in [-0.2, 0) is 13.6 Å². The highest BCUT2D eigenvalue weighted by atomic mass is 79.9. The molecule has 98 valence electrons. The topological polar surface area (TPSA) is 21.1 Å². The van der Waals surface area contributed by atoms with E-state index in [0.29, 0.717) is 0 Å². The van der Waals surface area contributed by atoms with Gasteiger partial charge < -0.3 is 0 Å². The van der Waals surface area contributed by atoms with Gasteiger partial charge in [-0.25, -0.2) is 0 Å². The first-order valence-electron chi connectivity index (χ1n) is 6.13. The molecule has 0 radical (unpaired) electrons. The van der Waals surface area contributed by atoms with Gasteiger partial charge in [0.05, 0.1) is 11.2 Å². The van der Waals surface area contributed by atoms with Crippen molar-refractivity contribution < 1.29 is 0 Å². The van der Waals surface area contributed by atoms with Crippen LogP contribution in [0.4, 0.5) is 0 Å². The summed E-state index contributed by atoms with van der Waals surface area (Å²) >= 11 is 3.57. The van der Waals surface area contributed by atoms with Gasteiger partial charge in [-0.15, -0.1) is 0 Å². The molecule has 2 rings (SSSR count). The third kappa shape index (κ3) is 2.45. The molecule has 1 heterocycles. The van der Waals surface area contributed by atoms with Gasteiger partial charge in [-0.3, -0.25) is 9.58 Å². The Morgan fingerprint density at radius 3 is 2.67 bits per heavy atom. The van der Waals surface area contributed by atoms with E-state index in [0.717, 1.165) is 17.6 Å². The van der Waals surface area contributed by atoms with Crippen LogP contribution in [0.3, 0.4) is 0 Å². The molecule has 0 atom stereocenters. The summed E-state index contributed by atoms with van der Waals surface area (Å²) in [6.07, 6.45) is 0. The predicted molar refractivity (Wildman–Crippen MR) is 80.1 cm³/mol. The van der Waals surface area contributed by atoms with Crippen LogP contribution in [0.25, 0.3) is 10.9 Å². The first kappa shape index (κ1) is 13.6. The van der Waals surface area contributed by atoms with E-state index < -0.39 is 0 Å². The smallest absolute Gasteiger partial charge is 0.0843 e. The Balaban J connectivity index is 2.33. The first-order valence-corrected chi connectivity index (χ1v) is 7.25. The number of hydrogen-bond acceptors (Lipinski definition) is 2. The Kier molecular flexibility index (Phi) is 3.78. The van der Waals surface area contributed by atoms with Crippen LogP contribution >= 0.6 is 15.9 Å². The zero-order valence-electron chi connectivity index (χ0n) is 11.4. The molecule has 2 aromatic rings. The van der Waals surface area contributed by atoms with Crippen LogP contribution in [0, 0.1) is 0 Å². The van der Waals surface area contributed by atoms with E-state index in [1.165, 1.54) is 10.9 Å². The molecule has 0 N–H and O–H groups in total. The number of benzene rings is 1. The minimum Gasteiger partial charge on any atom is -0.294 e. The molecule has 0 spiro atoms. The summed E-state index contributed by atoms with van der Waals surface area (Å²) in [5, 5.41) is 6.83. The number of nitrogens with zero attached hydrogens (tertiary/aromatic N) is 3. The second kappa shape index (κ2) is 5.02. The monoisotopic (exact) mass is 309 g/mol. The SMILES string of the molecule is CN(Cc1nn(C)c2ccccc12)C(C)(C)CBr. The predicted octanol–water partition coefficient (Wildman–Crippen LogP) is 3.18. The summed E-state index contributed by atoms with van der Waals surface area (Å²) in [4.78, 5) is 2.33. The summed E-state index contributed by atoms with van der Waals surface area (Å²) in [7, 11) is 4.15. The minimum atomic E-state index is 0.124. The van der Waals surface area contributed by atoms with Crippen molar-refractivity contribution >= 4 is 26.8 Å². The minimum absolute atomic E-state index is 0.124. The summed E-state index contributed by atoms with van der Waals surface area (Å²) < 4.78 is 1.96. The zero-order chi connectivity index (χ0) is 13.3.